The molecule has 0 saturated carbocycles. The fourth-order valence-electron chi connectivity index (χ4n) is 2.00. The molecule has 0 aliphatic carbocycles. The summed E-state index contributed by atoms with van der Waals surface area (Å²) >= 11 is 0. The van der Waals surface area contributed by atoms with Gasteiger partial charge in [-0.3, -0.25) is 14.9 Å². The van der Waals surface area contributed by atoms with Crippen LogP contribution in [0, 0.1) is 17.0 Å². The molecule has 1 amide bonds. The molecule has 0 atom stereocenters. The van der Waals surface area contributed by atoms with E-state index in [4.69, 9.17) is 0 Å². The van der Waals surface area contributed by atoms with Crippen molar-refractivity contribution in [3.05, 3.63) is 63.7 Å². The topological polar surface area (TPSA) is 83.7 Å². The van der Waals surface area contributed by atoms with Crippen LogP contribution in [0.5, 0.6) is 5.75 Å². The third-order valence-corrected chi connectivity index (χ3v) is 3.17. The Hall–Kier alpha value is -2.89. The number of hydrogen-bond donors (Lipinski definition) is 1. The number of anilines is 1. The van der Waals surface area contributed by atoms with Crippen LogP contribution in [0.4, 0.5) is 11.4 Å². The van der Waals surface area contributed by atoms with Gasteiger partial charge in [0.25, 0.3) is 11.6 Å². The van der Waals surface area contributed by atoms with Gasteiger partial charge in [-0.1, -0.05) is 6.07 Å². The first-order valence-electron chi connectivity index (χ1n) is 6.22. The van der Waals surface area contributed by atoms with Crippen LogP contribution >= 0.6 is 0 Å². The van der Waals surface area contributed by atoms with Gasteiger partial charge in [0, 0.05) is 36.5 Å². The van der Waals surface area contributed by atoms with Gasteiger partial charge in [-0.15, -0.1) is 0 Å². The molecule has 0 saturated heterocycles. The second-order valence-electron chi connectivity index (χ2n) is 4.64. The summed E-state index contributed by atoms with van der Waals surface area (Å²) in [6, 6.07) is 10.4. The van der Waals surface area contributed by atoms with Crippen LogP contribution < -0.4 is 4.90 Å². The van der Waals surface area contributed by atoms with Gasteiger partial charge in [-0.2, -0.15) is 0 Å². The van der Waals surface area contributed by atoms with Crippen molar-refractivity contribution in [1.82, 2.24) is 0 Å². The SMILES string of the molecule is Cc1cc([N+](=O)[O-])ccc1C(=O)N(C)c1cccc(O)c1. The lowest BCUT2D eigenvalue weighted by Gasteiger charge is -2.18. The molecule has 0 aliphatic heterocycles. The fourth-order valence-corrected chi connectivity index (χ4v) is 2.00. The van der Waals surface area contributed by atoms with E-state index < -0.39 is 4.92 Å². The number of phenolic OH excluding ortho intramolecular Hbond substituents is 1. The lowest BCUT2D eigenvalue weighted by molar-refractivity contribution is -0.384. The number of aromatic hydroxyl groups is 1. The Balaban J connectivity index is 2.33. The zero-order chi connectivity index (χ0) is 15.6. The van der Waals surface area contributed by atoms with Gasteiger partial charge in [0.05, 0.1) is 4.92 Å². The maximum absolute atomic E-state index is 12.4. The summed E-state index contributed by atoms with van der Waals surface area (Å²) in [6.07, 6.45) is 0. The molecule has 108 valence electrons. The summed E-state index contributed by atoms with van der Waals surface area (Å²) in [4.78, 5) is 24.0. The molecule has 21 heavy (non-hydrogen) atoms. The van der Waals surface area contributed by atoms with Gasteiger partial charge in [0.15, 0.2) is 0 Å². The normalized spacial score (nSPS) is 10.2. The average molecular weight is 286 g/mol. The molecule has 6 nitrogen and oxygen atoms in total. The van der Waals surface area contributed by atoms with Crippen LogP contribution in [0.15, 0.2) is 42.5 Å². The van der Waals surface area contributed by atoms with Crippen LogP contribution in [0.3, 0.4) is 0 Å². The molecule has 0 unspecified atom stereocenters. The predicted molar refractivity (Wildman–Crippen MR) is 78.7 cm³/mol. The van der Waals surface area contributed by atoms with E-state index in [9.17, 15) is 20.0 Å². The smallest absolute Gasteiger partial charge is 0.269 e. The van der Waals surface area contributed by atoms with Crippen molar-refractivity contribution < 1.29 is 14.8 Å². The average Bonchev–Trinajstić information content (AvgIpc) is 2.45. The zero-order valence-corrected chi connectivity index (χ0v) is 11.6. The summed E-state index contributed by atoms with van der Waals surface area (Å²) < 4.78 is 0. The van der Waals surface area contributed by atoms with E-state index in [1.54, 1.807) is 26.1 Å². The van der Waals surface area contributed by atoms with Gasteiger partial charge >= 0.3 is 0 Å². The number of amides is 1. The zero-order valence-electron chi connectivity index (χ0n) is 11.6. The summed E-state index contributed by atoms with van der Waals surface area (Å²) in [7, 11) is 1.58. The lowest BCUT2D eigenvalue weighted by Crippen LogP contribution is -2.26. The van der Waals surface area contributed by atoms with Gasteiger partial charge in [-0.05, 0) is 30.7 Å². The molecule has 2 aromatic rings. The molecule has 0 heterocycles. The quantitative estimate of drug-likeness (QED) is 0.694. The van der Waals surface area contributed by atoms with E-state index >= 15 is 0 Å². The van der Waals surface area contributed by atoms with Crippen LogP contribution in [-0.2, 0) is 0 Å². The highest BCUT2D eigenvalue weighted by atomic mass is 16.6. The first kappa shape index (κ1) is 14.5. The minimum absolute atomic E-state index is 0.0518. The number of benzene rings is 2. The van der Waals surface area contributed by atoms with E-state index in [1.807, 2.05) is 0 Å². The molecule has 1 N–H and O–H groups in total. The number of hydrogen-bond acceptors (Lipinski definition) is 4. The monoisotopic (exact) mass is 286 g/mol. The largest absolute Gasteiger partial charge is 0.508 e. The van der Waals surface area contributed by atoms with Gasteiger partial charge in [-0.25, -0.2) is 0 Å². The van der Waals surface area contributed by atoms with Crippen LogP contribution in [0.25, 0.3) is 0 Å². The van der Waals surface area contributed by atoms with Crippen molar-refractivity contribution in [3.63, 3.8) is 0 Å². The van der Waals surface area contributed by atoms with Gasteiger partial charge in [0.2, 0.25) is 0 Å². The highest BCUT2D eigenvalue weighted by Gasteiger charge is 2.18. The third-order valence-electron chi connectivity index (χ3n) is 3.17. The van der Waals surface area contributed by atoms with Crippen molar-refractivity contribution in [1.29, 1.82) is 0 Å². The number of non-ortho nitro benzene ring substituents is 1. The van der Waals surface area contributed by atoms with E-state index in [-0.39, 0.29) is 17.3 Å². The lowest BCUT2D eigenvalue weighted by atomic mass is 10.1. The molecular weight excluding hydrogens is 272 g/mol. The highest BCUT2D eigenvalue weighted by Crippen LogP contribution is 2.23. The number of nitro groups is 1. The molecule has 0 spiro atoms. The number of phenols is 1. The van der Waals surface area contributed by atoms with Crippen molar-refractivity contribution in [2.45, 2.75) is 6.92 Å². The number of rotatable bonds is 3. The summed E-state index contributed by atoms with van der Waals surface area (Å²) in [5, 5.41) is 20.2. The molecule has 0 aliphatic rings. The van der Waals surface area contributed by atoms with E-state index in [0.717, 1.165) is 0 Å². The Labute approximate surface area is 121 Å². The number of carbonyl (C=O) groups excluding carboxylic acids is 1. The molecule has 0 fully saturated rings. The Morgan fingerprint density at radius 3 is 2.52 bits per heavy atom. The summed E-state index contributed by atoms with van der Waals surface area (Å²) in [6.45, 7) is 1.65. The van der Waals surface area contributed by atoms with Gasteiger partial charge in [0.1, 0.15) is 5.75 Å². The molecular formula is C15H14N2O4. The maximum atomic E-state index is 12.4. The van der Waals surface area contributed by atoms with Crippen LogP contribution in [-0.4, -0.2) is 23.0 Å². The third kappa shape index (κ3) is 3.00. The molecule has 2 aromatic carbocycles. The van der Waals surface area contributed by atoms with Crippen LogP contribution in [0.1, 0.15) is 15.9 Å². The Morgan fingerprint density at radius 1 is 1.24 bits per heavy atom. The number of nitrogens with zero attached hydrogens (tertiary/aromatic N) is 2. The summed E-state index contributed by atoms with van der Waals surface area (Å²) in [5.74, 6) is -0.236. The Bertz CT molecular complexity index is 713. The number of carbonyl (C=O) groups is 1. The van der Waals surface area contributed by atoms with Crippen LogP contribution in [0.2, 0.25) is 0 Å². The minimum Gasteiger partial charge on any atom is -0.508 e. The molecule has 6 heteroatoms. The second-order valence-corrected chi connectivity index (χ2v) is 4.64. The van der Waals surface area contributed by atoms with Crippen molar-refractivity contribution in [3.8, 4) is 5.75 Å². The highest BCUT2D eigenvalue weighted by molar-refractivity contribution is 6.06. The minimum atomic E-state index is -0.500. The summed E-state index contributed by atoms with van der Waals surface area (Å²) in [5.41, 5.74) is 1.40. The van der Waals surface area contributed by atoms with Crippen molar-refractivity contribution in [2.75, 3.05) is 11.9 Å². The van der Waals surface area contributed by atoms with Gasteiger partial charge < -0.3 is 10.0 Å². The van der Waals surface area contributed by atoms with E-state index in [2.05, 4.69) is 0 Å². The number of nitro benzene ring substituents is 1. The maximum Gasteiger partial charge on any atom is 0.269 e. The van der Waals surface area contributed by atoms with Crippen molar-refractivity contribution >= 4 is 17.3 Å². The molecule has 0 aromatic heterocycles. The Morgan fingerprint density at radius 2 is 1.95 bits per heavy atom. The fraction of sp³-hybridized carbons (Fsp3) is 0.133. The molecule has 0 bridgehead atoms. The van der Waals surface area contributed by atoms with E-state index in [1.165, 1.54) is 35.2 Å². The number of aryl methyl sites for hydroxylation is 1. The second kappa shape index (κ2) is 5.62. The molecule has 2 rings (SSSR count). The van der Waals surface area contributed by atoms with E-state index in [0.29, 0.717) is 16.8 Å². The Kier molecular flexibility index (Phi) is 3.89. The first-order chi connectivity index (χ1) is 9.90. The standard InChI is InChI=1S/C15H14N2O4/c1-10-8-12(17(20)21)6-7-14(10)15(19)16(2)11-4-3-5-13(18)9-11/h3-9,18H,1-2H3. The first-order valence-corrected chi connectivity index (χ1v) is 6.22. The molecule has 0 radical (unpaired) electrons. The van der Waals surface area contributed by atoms with Crippen molar-refractivity contribution in [2.24, 2.45) is 0 Å². The predicted octanol–water partition coefficient (Wildman–Crippen LogP) is 2.89.